The molecule has 2 aromatic heterocycles. The van der Waals surface area contributed by atoms with Crippen molar-refractivity contribution in [2.45, 2.75) is 23.2 Å². The molecule has 1 aliphatic rings. The lowest BCUT2D eigenvalue weighted by atomic mass is 9.94. The number of aromatic nitrogens is 1. The van der Waals surface area contributed by atoms with Crippen LogP contribution in [-0.4, -0.2) is 40.6 Å². The van der Waals surface area contributed by atoms with Gasteiger partial charge in [-0.3, -0.25) is 9.78 Å². The van der Waals surface area contributed by atoms with Gasteiger partial charge in [-0.1, -0.05) is 30.3 Å². The van der Waals surface area contributed by atoms with Crippen LogP contribution in [0.1, 0.15) is 11.1 Å². The van der Waals surface area contributed by atoms with Gasteiger partial charge in [-0.2, -0.15) is 4.31 Å². The standard InChI is InChI=1S/C20H16N2O5S2/c23-19(20(24)25)16-11-13-5-1-2-6-14(13)12-22(16)29(26,27)18-9-8-17(28-18)15-7-3-4-10-21-15/h1-10,16H,11-12H2,(H,24,25)/t16-/m1/s1. The van der Waals surface area contributed by atoms with Crippen LogP contribution in [-0.2, 0) is 32.6 Å². The zero-order valence-corrected chi connectivity index (χ0v) is 16.7. The van der Waals surface area contributed by atoms with E-state index in [1.807, 2.05) is 0 Å². The Morgan fingerprint density at radius 2 is 1.76 bits per heavy atom. The Morgan fingerprint density at radius 1 is 1.03 bits per heavy atom. The van der Waals surface area contributed by atoms with Gasteiger partial charge in [-0.05, 0) is 41.8 Å². The first-order valence-electron chi connectivity index (χ1n) is 8.75. The molecule has 1 aliphatic heterocycles. The van der Waals surface area contributed by atoms with E-state index in [1.165, 1.54) is 6.07 Å². The number of carboxylic acid groups (broad SMARTS) is 1. The van der Waals surface area contributed by atoms with E-state index >= 15 is 0 Å². The smallest absolute Gasteiger partial charge is 0.373 e. The second kappa shape index (κ2) is 7.51. The molecule has 3 aromatic rings. The van der Waals surface area contributed by atoms with Gasteiger partial charge in [-0.15, -0.1) is 11.3 Å². The molecular formula is C20H16N2O5S2. The number of rotatable bonds is 5. The molecule has 29 heavy (non-hydrogen) atoms. The van der Waals surface area contributed by atoms with Crippen LogP contribution in [0.15, 0.2) is 65.0 Å². The number of hydrogen-bond acceptors (Lipinski definition) is 6. The lowest BCUT2D eigenvalue weighted by Crippen LogP contribution is -2.50. The molecule has 0 saturated heterocycles. The first-order valence-corrected chi connectivity index (χ1v) is 11.0. The Hall–Kier alpha value is -2.88. The van der Waals surface area contributed by atoms with Crippen LogP contribution in [0.5, 0.6) is 0 Å². The van der Waals surface area contributed by atoms with Crippen molar-refractivity contribution in [2.75, 3.05) is 0 Å². The van der Waals surface area contributed by atoms with E-state index in [1.54, 1.807) is 54.7 Å². The van der Waals surface area contributed by atoms with Crippen molar-refractivity contribution in [1.82, 2.24) is 9.29 Å². The maximum atomic E-state index is 13.3. The van der Waals surface area contributed by atoms with E-state index in [-0.39, 0.29) is 17.2 Å². The molecule has 0 saturated carbocycles. The molecule has 9 heteroatoms. The second-order valence-electron chi connectivity index (χ2n) is 6.54. The van der Waals surface area contributed by atoms with Crippen molar-refractivity contribution >= 4 is 33.1 Å². The normalized spacial score (nSPS) is 16.9. The molecule has 0 radical (unpaired) electrons. The fraction of sp³-hybridized carbons (Fsp3) is 0.150. The first-order chi connectivity index (χ1) is 13.9. The van der Waals surface area contributed by atoms with Gasteiger partial charge in [0.05, 0.1) is 16.6 Å². The maximum Gasteiger partial charge on any atom is 0.373 e. The van der Waals surface area contributed by atoms with Crippen molar-refractivity contribution < 1.29 is 23.1 Å². The SMILES string of the molecule is O=C(O)C(=O)[C@H]1Cc2ccccc2CN1S(=O)(=O)c1ccc(-c2ccccn2)s1. The van der Waals surface area contributed by atoms with Crippen molar-refractivity contribution in [1.29, 1.82) is 0 Å². The average Bonchev–Trinajstić information content (AvgIpc) is 3.24. The minimum atomic E-state index is -4.08. The number of hydrogen-bond donors (Lipinski definition) is 1. The number of carboxylic acids is 1. The molecule has 0 aliphatic carbocycles. The number of ketones is 1. The maximum absolute atomic E-state index is 13.3. The van der Waals surface area contributed by atoms with Crippen molar-refractivity contribution in [3.05, 3.63) is 71.9 Å². The van der Waals surface area contributed by atoms with Crippen LogP contribution in [0.2, 0.25) is 0 Å². The summed E-state index contributed by atoms with van der Waals surface area (Å²) >= 11 is 1.04. The van der Waals surface area contributed by atoms with Crippen LogP contribution >= 0.6 is 11.3 Å². The van der Waals surface area contributed by atoms with Gasteiger partial charge in [0.2, 0.25) is 0 Å². The molecule has 0 unspecified atom stereocenters. The number of aliphatic carboxylic acids is 1. The molecule has 7 nitrogen and oxygen atoms in total. The number of carbonyl (C=O) groups excluding carboxylic acids is 1. The van der Waals surface area contributed by atoms with Crippen LogP contribution in [0.25, 0.3) is 10.6 Å². The highest BCUT2D eigenvalue weighted by Crippen LogP contribution is 2.35. The van der Waals surface area contributed by atoms with E-state index in [0.29, 0.717) is 10.6 Å². The molecular weight excluding hydrogens is 412 g/mol. The number of pyridine rings is 1. The first kappa shape index (κ1) is 19.4. The molecule has 4 rings (SSSR count). The summed E-state index contributed by atoms with van der Waals surface area (Å²) in [6.07, 6.45) is 1.64. The third-order valence-corrected chi connectivity index (χ3v) is 8.21. The van der Waals surface area contributed by atoms with Gasteiger partial charge >= 0.3 is 5.97 Å². The number of benzene rings is 1. The summed E-state index contributed by atoms with van der Waals surface area (Å²) in [5.74, 6) is -2.78. The number of sulfonamides is 1. The molecule has 1 atom stereocenters. The summed E-state index contributed by atoms with van der Waals surface area (Å²) in [6.45, 7) is -0.0565. The second-order valence-corrected chi connectivity index (χ2v) is 9.74. The number of Topliss-reactive ketones (excluding diaryl/α,β-unsaturated/α-hetero) is 1. The minimum Gasteiger partial charge on any atom is -0.475 e. The van der Waals surface area contributed by atoms with Gasteiger partial charge in [-0.25, -0.2) is 13.2 Å². The average molecular weight is 428 g/mol. The fourth-order valence-corrected chi connectivity index (χ4v) is 6.32. The van der Waals surface area contributed by atoms with E-state index in [2.05, 4.69) is 4.98 Å². The number of carbonyl (C=O) groups is 2. The quantitative estimate of drug-likeness (QED) is 0.627. The molecule has 1 aromatic carbocycles. The zero-order valence-electron chi connectivity index (χ0n) is 15.1. The Kier molecular flexibility index (Phi) is 5.03. The molecule has 0 amide bonds. The van der Waals surface area contributed by atoms with Crippen LogP contribution in [0.3, 0.4) is 0 Å². The fourth-order valence-electron chi connectivity index (χ4n) is 3.34. The van der Waals surface area contributed by atoms with Gasteiger partial charge in [0, 0.05) is 12.7 Å². The van der Waals surface area contributed by atoms with Gasteiger partial charge in [0.15, 0.2) is 0 Å². The predicted octanol–water partition coefficient (Wildman–Crippen LogP) is 2.58. The number of nitrogens with zero attached hydrogens (tertiary/aromatic N) is 2. The van der Waals surface area contributed by atoms with Crippen LogP contribution in [0, 0.1) is 0 Å². The van der Waals surface area contributed by atoms with Crippen LogP contribution in [0.4, 0.5) is 0 Å². The van der Waals surface area contributed by atoms with Crippen molar-refractivity contribution in [3.63, 3.8) is 0 Å². The predicted molar refractivity (Wildman–Crippen MR) is 107 cm³/mol. The van der Waals surface area contributed by atoms with E-state index in [0.717, 1.165) is 26.8 Å². The largest absolute Gasteiger partial charge is 0.475 e. The summed E-state index contributed by atoms with van der Waals surface area (Å²) in [4.78, 5) is 28.5. The molecule has 1 N–H and O–H groups in total. The third kappa shape index (κ3) is 3.59. The monoisotopic (exact) mass is 428 g/mol. The molecule has 148 valence electrons. The van der Waals surface area contributed by atoms with Gasteiger partial charge in [0.1, 0.15) is 4.21 Å². The summed E-state index contributed by atoms with van der Waals surface area (Å²) < 4.78 is 27.7. The summed E-state index contributed by atoms with van der Waals surface area (Å²) in [5.41, 5.74) is 2.17. The summed E-state index contributed by atoms with van der Waals surface area (Å²) in [6, 6.07) is 14.3. The van der Waals surface area contributed by atoms with E-state index < -0.39 is 27.8 Å². The third-order valence-electron chi connectivity index (χ3n) is 4.78. The highest BCUT2D eigenvalue weighted by Gasteiger charge is 2.42. The lowest BCUT2D eigenvalue weighted by Gasteiger charge is -2.33. The van der Waals surface area contributed by atoms with E-state index in [9.17, 15) is 23.1 Å². The van der Waals surface area contributed by atoms with Crippen molar-refractivity contribution in [2.24, 2.45) is 0 Å². The Morgan fingerprint density at radius 3 is 2.45 bits per heavy atom. The molecule has 0 bridgehead atoms. The highest BCUT2D eigenvalue weighted by atomic mass is 32.2. The highest BCUT2D eigenvalue weighted by molar-refractivity contribution is 7.91. The summed E-state index contributed by atoms with van der Waals surface area (Å²) in [7, 11) is -4.08. The zero-order chi connectivity index (χ0) is 20.6. The topological polar surface area (TPSA) is 105 Å². The Labute approximate surface area is 171 Å². The van der Waals surface area contributed by atoms with Gasteiger partial charge in [0.25, 0.3) is 15.8 Å². The molecule has 3 heterocycles. The lowest BCUT2D eigenvalue weighted by molar-refractivity contribution is -0.151. The molecule has 0 spiro atoms. The van der Waals surface area contributed by atoms with Gasteiger partial charge < -0.3 is 5.11 Å². The Bertz CT molecular complexity index is 1190. The number of thiophene rings is 1. The van der Waals surface area contributed by atoms with E-state index in [4.69, 9.17) is 0 Å². The Balaban J connectivity index is 1.75. The van der Waals surface area contributed by atoms with Crippen molar-refractivity contribution in [3.8, 4) is 10.6 Å². The number of fused-ring (bicyclic) bond motifs is 1. The minimum absolute atomic E-state index is 0.0268. The summed E-state index contributed by atoms with van der Waals surface area (Å²) in [5, 5.41) is 9.21. The molecule has 0 fully saturated rings. The van der Waals surface area contributed by atoms with Crippen LogP contribution < -0.4 is 0 Å².